The third-order valence-electron chi connectivity index (χ3n) is 6.07. The summed E-state index contributed by atoms with van der Waals surface area (Å²) in [5.41, 5.74) is 3.85. The maximum atomic E-state index is 12.9. The molecule has 0 atom stereocenters. The first-order valence-electron chi connectivity index (χ1n) is 13.5. The maximum absolute atomic E-state index is 12.9. The normalized spacial score (nSPS) is 9.91. The van der Waals surface area contributed by atoms with Crippen LogP contribution in [0.4, 0.5) is 8.78 Å². The van der Waals surface area contributed by atoms with Gasteiger partial charge in [0.2, 0.25) is 0 Å². The van der Waals surface area contributed by atoms with Crippen LogP contribution >= 0.6 is 40.3 Å². The molecule has 0 radical (unpaired) electrons. The number of thioether (sulfide) groups is 1. The van der Waals surface area contributed by atoms with Crippen LogP contribution in [0.2, 0.25) is 0 Å². The number of hydrogen-bond acceptors (Lipinski definition) is 8. The van der Waals surface area contributed by atoms with Crippen molar-refractivity contribution in [2.24, 2.45) is 0 Å². The van der Waals surface area contributed by atoms with Crippen LogP contribution in [0.15, 0.2) is 94.3 Å². The predicted molar refractivity (Wildman–Crippen MR) is 188 cm³/mol. The largest absolute Gasteiger partial charge is 0.497 e. The summed E-state index contributed by atoms with van der Waals surface area (Å²) in [6.07, 6.45) is 0. The van der Waals surface area contributed by atoms with Gasteiger partial charge in [0.15, 0.2) is 11.6 Å². The van der Waals surface area contributed by atoms with Gasteiger partial charge in [-0.1, -0.05) is 47.6 Å². The summed E-state index contributed by atoms with van der Waals surface area (Å²) >= 11 is 8.80. The number of aliphatic hydroxyl groups excluding tert-OH is 2. The lowest BCUT2D eigenvalue weighted by molar-refractivity contribution is 0.0897. The van der Waals surface area contributed by atoms with Gasteiger partial charge < -0.3 is 19.7 Å². The Morgan fingerprint density at radius 3 is 1.61 bits per heavy atom. The lowest BCUT2D eigenvalue weighted by Crippen LogP contribution is -2.05. The molecule has 0 unspecified atom stereocenters. The van der Waals surface area contributed by atoms with Crippen molar-refractivity contribution in [1.29, 1.82) is 0 Å². The first-order valence-corrected chi connectivity index (χ1v) is 15.9. The molecule has 0 aliphatic rings. The number of ketones is 2. The molecular formula is C35H39BrF2O6S2. The number of ether oxygens (including phenoxy) is 2. The van der Waals surface area contributed by atoms with Crippen LogP contribution in [0, 0.1) is 0 Å². The van der Waals surface area contributed by atoms with E-state index in [0.717, 1.165) is 27.7 Å². The molecular weight excluding hydrogens is 698 g/mol. The summed E-state index contributed by atoms with van der Waals surface area (Å²) in [6.45, 7) is -2.38. The Hall–Kier alpha value is -3.22. The highest BCUT2D eigenvalue weighted by Gasteiger charge is 2.09. The minimum atomic E-state index is -0.636. The number of rotatable bonds is 12. The fraction of sp³-hybridized carbons (Fsp3) is 0.257. The lowest BCUT2D eigenvalue weighted by Gasteiger charge is -2.07. The lowest BCUT2D eigenvalue weighted by atomic mass is 10.1. The number of carbonyl (C=O) groups excluding carboxylic acids is 2. The molecule has 4 aromatic carbocycles. The number of halogens is 3. The van der Waals surface area contributed by atoms with Crippen molar-refractivity contribution in [3.63, 3.8) is 0 Å². The van der Waals surface area contributed by atoms with Gasteiger partial charge in [-0.15, -0.1) is 11.8 Å². The first kappa shape index (κ1) is 40.8. The zero-order chi connectivity index (χ0) is 33.2. The van der Waals surface area contributed by atoms with Gasteiger partial charge in [-0.05, 0) is 82.9 Å². The van der Waals surface area contributed by atoms with Crippen LogP contribution in [-0.4, -0.2) is 49.2 Å². The molecule has 46 heavy (non-hydrogen) atoms. The fourth-order valence-electron chi connectivity index (χ4n) is 3.67. The van der Waals surface area contributed by atoms with E-state index in [1.807, 2.05) is 48.5 Å². The monoisotopic (exact) mass is 736 g/mol. The van der Waals surface area contributed by atoms with E-state index in [1.54, 1.807) is 38.5 Å². The van der Waals surface area contributed by atoms with E-state index in [9.17, 15) is 18.4 Å². The van der Waals surface area contributed by atoms with Gasteiger partial charge in [-0.3, -0.25) is 9.59 Å². The van der Waals surface area contributed by atoms with Gasteiger partial charge in [-0.25, -0.2) is 8.78 Å². The van der Waals surface area contributed by atoms with Crippen molar-refractivity contribution in [2.45, 2.75) is 37.2 Å². The third kappa shape index (κ3) is 14.0. The van der Waals surface area contributed by atoms with Crippen molar-refractivity contribution >= 4 is 51.9 Å². The number of benzene rings is 4. The minimum Gasteiger partial charge on any atom is -0.497 e. The molecule has 0 saturated carbocycles. The minimum absolute atomic E-state index is 0. The molecule has 0 spiro atoms. The highest BCUT2D eigenvalue weighted by Crippen LogP contribution is 2.27. The molecule has 0 amide bonds. The van der Waals surface area contributed by atoms with Crippen LogP contribution in [0.1, 0.15) is 50.4 Å². The van der Waals surface area contributed by atoms with Crippen molar-refractivity contribution in [3.05, 3.63) is 123 Å². The quantitative estimate of drug-likeness (QED) is 0.0764. The highest BCUT2D eigenvalue weighted by atomic mass is 79.9. The first-order chi connectivity index (χ1) is 21.7. The van der Waals surface area contributed by atoms with Crippen LogP contribution < -0.4 is 9.47 Å². The summed E-state index contributed by atoms with van der Waals surface area (Å²) in [4.78, 5) is 23.4. The van der Waals surface area contributed by atoms with E-state index >= 15 is 0 Å². The number of alkyl halides is 2. The molecule has 6 nitrogen and oxygen atoms in total. The van der Waals surface area contributed by atoms with E-state index in [-0.39, 0.29) is 7.43 Å². The molecule has 2 N–H and O–H groups in total. The van der Waals surface area contributed by atoms with Crippen LogP contribution in [0.25, 0.3) is 0 Å². The van der Waals surface area contributed by atoms with Crippen molar-refractivity contribution in [3.8, 4) is 11.5 Å². The van der Waals surface area contributed by atoms with Crippen LogP contribution in [-0.2, 0) is 24.9 Å². The summed E-state index contributed by atoms with van der Waals surface area (Å²) < 4.78 is 35.9. The zero-order valence-electron chi connectivity index (χ0n) is 24.8. The van der Waals surface area contributed by atoms with Gasteiger partial charge in [0.05, 0.1) is 14.2 Å². The Morgan fingerprint density at radius 2 is 1.17 bits per heavy atom. The summed E-state index contributed by atoms with van der Waals surface area (Å²) in [5.74, 6) is 2.36. The Balaban J connectivity index is 0.000000375. The van der Waals surface area contributed by atoms with E-state index in [1.165, 1.54) is 29.5 Å². The molecule has 0 saturated heterocycles. The molecule has 11 heteroatoms. The number of carbonyl (C=O) groups is 2. The van der Waals surface area contributed by atoms with Crippen molar-refractivity contribution in [2.75, 3.05) is 27.4 Å². The second-order valence-electron chi connectivity index (χ2n) is 9.29. The van der Waals surface area contributed by atoms with Gasteiger partial charge in [0.25, 0.3) is 0 Å². The van der Waals surface area contributed by atoms with E-state index in [4.69, 9.17) is 19.7 Å². The van der Waals surface area contributed by atoms with Gasteiger partial charge in [-0.2, -0.15) is 12.6 Å². The molecule has 0 fully saturated rings. The average molecular weight is 738 g/mol. The van der Waals surface area contributed by atoms with E-state index < -0.39 is 38.1 Å². The molecule has 0 aliphatic heterocycles. The molecule has 0 heterocycles. The second-order valence-corrected chi connectivity index (χ2v) is 11.6. The van der Waals surface area contributed by atoms with E-state index in [0.29, 0.717) is 32.5 Å². The average Bonchev–Trinajstić information content (AvgIpc) is 3.10. The van der Waals surface area contributed by atoms with Crippen molar-refractivity contribution < 1.29 is 38.1 Å². The van der Waals surface area contributed by atoms with Crippen molar-refractivity contribution in [1.82, 2.24) is 0 Å². The standard InChI is InChI=1S/C17H17FO3S.C9H8BrFO2.C8H10OS.CH4/c1-21-15-4-2-12(3-5-15)11-22-16-7-13(9-18)6-14(8-16)17(20)10-19;10-8-2-6(4-11)1-7(3-8)9(13)5-12;1-9-8-4-2-7(6-10)3-5-8;/h2-8,19H,9-11H2,1H3;1-3,12H,4-5H2;2-5,10H,6H2,1H3;1H4. The Morgan fingerprint density at radius 1 is 0.717 bits per heavy atom. The zero-order valence-corrected chi connectivity index (χ0v) is 28.1. The molecule has 248 valence electrons. The van der Waals surface area contributed by atoms with Crippen LogP contribution in [0.5, 0.6) is 11.5 Å². The topological polar surface area (TPSA) is 93.1 Å². The third-order valence-corrected chi connectivity index (χ3v) is 7.94. The molecule has 0 aliphatic carbocycles. The Labute approximate surface area is 287 Å². The van der Waals surface area contributed by atoms with Gasteiger partial charge in [0.1, 0.15) is 38.1 Å². The SMILES string of the molecule is C.COc1ccc(CS)cc1.COc1ccc(CSc2cc(CF)cc(C(=O)CO)c2)cc1.O=C(CO)c1cc(Br)cc(CF)c1. The highest BCUT2D eigenvalue weighted by molar-refractivity contribution is 9.10. The fourth-order valence-corrected chi connectivity index (χ4v) is 5.39. The number of thiol groups is 1. The Bertz CT molecular complexity index is 1480. The smallest absolute Gasteiger partial charge is 0.188 e. The summed E-state index contributed by atoms with van der Waals surface area (Å²) in [6, 6.07) is 25.0. The maximum Gasteiger partial charge on any atom is 0.188 e. The second kappa shape index (κ2) is 22.3. The van der Waals surface area contributed by atoms with Crippen LogP contribution in [0.3, 0.4) is 0 Å². The Kier molecular flexibility index (Phi) is 19.8. The number of methoxy groups -OCH3 is 2. The number of Topliss-reactive ketones (excluding diaryl/α,β-unsaturated/α-hetero) is 2. The van der Waals surface area contributed by atoms with Gasteiger partial charge >= 0.3 is 0 Å². The predicted octanol–water partition coefficient (Wildman–Crippen LogP) is 8.49. The molecule has 0 aromatic heterocycles. The summed E-state index contributed by atoms with van der Waals surface area (Å²) in [5, 5.41) is 17.5. The van der Waals surface area contributed by atoms with Gasteiger partial charge in [0, 0.05) is 32.0 Å². The van der Waals surface area contributed by atoms with E-state index in [2.05, 4.69) is 28.6 Å². The molecule has 4 rings (SSSR count). The summed E-state index contributed by atoms with van der Waals surface area (Å²) in [7, 11) is 3.28. The molecule has 0 bridgehead atoms. The number of aliphatic hydroxyl groups is 2. The molecule has 4 aromatic rings. The number of hydrogen-bond donors (Lipinski definition) is 3.